The Labute approximate surface area is 117 Å². The van der Waals surface area contributed by atoms with Crippen LogP contribution in [0.1, 0.15) is 56.2 Å². The minimum Gasteiger partial charge on any atom is -0.494 e. The van der Waals surface area contributed by atoms with Crippen molar-refractivity contribution in [3.05, 3.63) is 28.8 Å². The van der Waals surface area contributed by atoms with Gasteiger partial charge in [0.15, 0.2) is 0 Å². The number of rotatable bonds is 8. The summed E-state index contributed by atoms with van der Waals surface area (Å²) >= 11 is 0. The number of carbonyl (C=O) groups is 1. The van der Waals surface area contributed by atoms with Gasteiger partial charge in [-0.15, -0.1) is 0 Å². The molecule has 0 N–H and O–H groups in total. The smallest absolute Gasteiger partial charge is 0.132 e. The highest BCUT2D eigenvalue weighted by molar-refractivity contribution is 5.78. The van der Waals surface area contributed by atoms with Gasteiger partial charge < -0.3 is 4.74 Å². The van der Waals surface area contributed by atoms with Crippen LogP contribution in [-0.2, 0) is 11.2 Å². The van der Waals surface area contributed by atoms with Gasteiger partial charge in [0.25, 0.3) is 0 Å². The van der Waals surface area contributed by atoms with Crippen LogP contribution >= 0.6 is 0 Å². The number of ether oxygens (including phenoxy) is 1. The molecule has 0 heterocycles. The molecule has 0 aliphatic rings. The molecule has 0 atom stereocenters. The number of aryl methyl sites for hydroxylation is 2. The zero-order valence-corrected chi connectivity index (χ0v) is 12.7. The van der Waals surface area contributed by atoms with E-state index >= 15 is 0 Å². The Morgan fingerprint density at radius 2 is 1.74 bits per heavy atom. The van der Waals surface area contributed by atoms with Crippen LogP contribution in [0.25, 0.3) is 0 Å². The van der Waals surface area contributed by atoms with Crippen LogP contribution in [0, 0.1) is 13.8 Å². The number of hydrogen-bond acceptors (Lipinski definition) is 2. The Balaban J connectivity index is 2.61. The Hall–Kier alpha value is -1.31. The molecule has 1 rings (SSSR count). The summed E-state index contributed by atoms with van der Waals surface area (Å²) < 4.78 is 5.54. The van der Waals surface area contributed by atoms with Gasteiger partial charge in [0.2, 0.25) is 0 Å². The van der Waals surface area contributed by atoms with E-state index in [9.17, 15) is 4.79 Å². The van der Waals surface area contributed by atoms with Gasteiger partial charge in [0, 0.05) is 12.8 Å². The molecule has 0 saturated carbocycles. The van der Waals surface area contributed by atoms with Gasteiger partial charge in [-0.3, -0.25) is 4.79 Å². The molecule has 0 aliphatic carbocycles. The first kappa shape index (κ1) is 15.7. The number of ketones is 1. The van der Waals surface area contributed by atoms with E-state index < -0.39 is 0 Å². The summed E-state index contributed by atoms with van der Waals surface area (Å²) in [5, 5.41) is 0. The fourth-order valence-corrected chi connectivity index (χ4v) is 2.46. The zero-order chi connectivity index (χ0) is 14.3. The zero-order valence-electron chi connectivity index (χ0n) is 12.7. The van der Waals surface area contributed by atoms with Crippen LogP contribution < -0.4 is 4.74 Å². The summed E-state index contributed by atoms with van der Waals surface area (Å²) in [6, 6.07) is 4.19. The standard InChI is InChI=1S/C17H26O2/c1-5-8-15(18)9-7-10-17-13(3)11-16(19-6-2)12-14(17)4/h11-12H,5-10H2,1-4H3. The SMILES string of the molecule is CCCC(=O)CCCc1c(C)cc(OCC)cc1C. The van der Waals surface area contributed by atoms with E-state index in [-0.39, 0.29) is 0 Å². The van der Waals surface area contributed by atoms with Crippen molar-refractivity contribution in [2.24, 2.45) is 0 Å². The van der Waals surface area contributed by atoms with Crippen molar-refractivity contribution in [1.82, 2.24) is 0 Å². The molecular formula is C17H26O2. The summed E-state index contributed by atoms with van der Waals surface area (Å²) in [6.07, 6.45) is 4.33. The van der Waals surface area contributed by atoms with E-state index in [0.717, 1.165) is 31.4 Å². The Kier molecular flexibility index (Phi) is 6.61. The van der Waals surface area contributed by atoms with Gasteiger partial charge in [-0.1, -0.05) is 6.92 Å². The Bertz CT molecular complexity index is 398. The molecular weight excluding hydrogens is 236 g/mol. The maximum Gasteiger partial charge on any atom is 0.132 e. The minimum atomic E-state index is 0.392. The molecule has 0 bridgehead atoms. The van der Waals surface area contributed by atoms with E-state index in [4.69, 9.17) is 4.74 Å². The molecule has 0 aromatic heterocycles. The molecule has 0 fully saturated rings. The lowest BCUT2D eigenvalue weighted by Gasteiger charge is -2.12. The first-order chi connectivity index (χ1) is 9.08. The van der Waals surface area contributed by atoms with Gasteiger partial charge in [-0.05, 0) is 68.9 Å². The van der Waals surface area contributed by atoms with E-state index in [1.165, 1.54) is 16.7 Å². The van der Waals surface area contributed by atoms with Crippen LogP contribution in [0.15, 0.2) is 12.1 Å². The van der Waals surface area contributed by atoms with E-state index in [0.29, 0.717) is 18.8 Å². The first-order valence-electron chi connectivity index (χ1n) is 7.33. The van der Waals surface area contributed by atoms with Crippen molar-refractivity contribution in [2.75, 3.05) is 6.61 Å². The number of hydrogen-bond donors (Lipinski definition) is 0. The lowest BCUT2D eigenvalue weighted by molar-refractivity contribution is -0.119. The second-order valence-corrected chi connectivity index (χ2v) is 5.11. The topological polar surface area (TPSA) is 26.3 Å². The lowest BCUT2D eigenvalue weighted by Crippen LogP contribution is -2.01. The van der Waals surface area contributed by atoms with Crippen molar-refractivity contribution in [3.63, 3.8) is 0 Å². The van der Waals surface area contributed by atoms with Crippen molar-refractivity contribution in [3.8, 4) is 5.75 Å². The summed E-state index contributed by atoms with van der Waals surface area (Å²) in [7, 11) is 0. The fraction of sp³-hybridized carbons (Fsp3) is 0.588. The molecule has 1 aromatic rings. The molecule has 0 aliphatic heterocycles. The molecule has 0 spiro atoms. The number of Topliss-reactive ketones (excluding diaryl/α,β-unsaturated/α-hetero) is 1. The molecule has 106 valence electrons. The third-order valence-electron chi connectivity index (χ3n) is 3.39. The predicted molar refractivity (Wildman–Crippen MR) is 79.9 cm³/mol. The van der Waals surface area contributed by atoms with Gasteiger partial charge in [0.1, 0.15) is 11.5 Å². The van der Waals surface area contributed by atoms with Crippen LogP contribution in [0.4, 0.5) is 0 Å². The van der Waals surface area contributed by atoms with Crippen molar-refractivity contribution in [2.45, 2.75) is 59.8 Å². The average molecular weight is 262 g/mol. The number of benzene rings is 1. The Morgan fingerprint density at radius 1 is 1.11 bits per heavy atom. The summed E-state index contributed by atoms with van der Waals surface area (Å²) in [5.41, 5.74) is 3.91. The summed E-state index contributed by atoms with van der Waals surface area (Å²) in [5.74, 6) is 1.34. The molecule has 19 heavy (non-hydrogen) atoms. The minimum absolute atomic E-state index is 0.392. The molecule has 0 saturated heterocycles. The van der Waals surface area contributed by atoms with Crippen LogP contribution in [0.5, 0.6) is 5.75 Å². The normalized spacial score (nSPS) is 10.5. The van der Waals surface area contributed by atoms with Crippen LogP contribution in [0.3, 0.4) is 0 Å². The van der Waals surface area contributed by atoms with E-state index in [2.05, 4.69) is 32.9 Å². The third-order valence-corrected chi connectivity index (χ3v) is 3.39. The Morgan fingerprint density at radius 3 is 2.26 bits per heavy atom. The molecule has 0 unspecified atom stereocenters. The van der Waals surface area contributed by atoms with E-state index in [1.54, 1.807) is 0 Å². The molecule has 0 radical (unpaired) electrons. The highest BCUT2D eigenvalue weighted by Gasteiger charge is 2.07. The van der Waals surface area contributed by atoms with Crippen LogP contribution in [0.2, 0.25) is 0 Å². The fourth-order valence-electron chi connectivity index (χ4n) is 2.46. The number of carbonyl (C=O) groups excluding carboxylic acids is 1. The third kappa shape index (κ3) is 5.06. The highest BCUT2D eigenvalue weighted by atomic mass is 16.5. The second kappa shape index (κ2) is 7.98. The molecule has 2 nitrogen and oxygen atoms in total. The van der Waals surface area contributed by atoms with E-state index in [1.807, 2.05) is 6.92 Å². The lowest BCUT2D eigenvalue weighted by atomic mass is 9.96. The molecule has 0 amide bonds. The van der Waals surface area contributed by atoms with Gasteiger partial charge in [0.05, 0.1) is 6.61 Å². The summed E-state index contributed by atoms with van der Waals surface area (Å²) in [4.78, 5) is 11.5. The van der Waals surface area contributed by atoms with Crippen molar-refractivity contribution >= 4 is 5.78 Å². The maximum absolute atomic E-state index is 11.5. The quantitative estimate of drug-likeness (QED) is 0.694. The van der Waals surface area contributed by atoms with Gasteiger partial charge in [-0.2, -0.15) is 0 Å². The molecule has 2 heteroatoms. The maximum atomic E-state index is 11.5. The molecule has 1 aromatic carbocycles. The highest BCUT2D eigenvalue weighted by Crippen LogP contribution is 2.23. The van der Waals surface area contributed by atoms with Crippen LogP contribution in [-0.4, -0.2) is 12.4 Å². The predicted octanol–water partition coefficient (Wildman–Crippen LogP) is 4.39. The largest absolute Gasteiger partial charge is 0.494 e. The monoisotopic (exact) mass is 262 g/mol. The van der Waals surface area contributed by atoms with Crippen molar-refractivity contribution in [1.29, 1.82) is 0 Å². The first-order valence-corrected chi connectivity index (χ1v) is 7.33. The van der Waals surface area contributed by atoms with Gasteiger partial charge >= 0.3 is 0 Å². The van der Waals surface area contributed by atoms with Crippen molar-refractivity contribution < 1.29 is 9.53 Å². The average Bonchev–Trinajstić information content (AvgIpc) is 2.33. The second-order valence-electron chi connectivity index (χ2n) is 5.11. The summed E-state index contributed by atoms with van der Waals surface area (Å²) in [6.45, 7) is 9.00. The van der Waals surface area contributed by atoms with Gasteiger partial charge in [-0.25, -0.2) is 0 Å².